The molecule has 2 fully saturated rings. The van der Waals surface area contributed by atoms with Crippen molar-refractivity contribution < 1.29 is 71.5 Å². The Bertz CT molecular complexity index is 1670. The number of nitrogens with zero attached hydrogens (tertiary/aromatic N) is 4. The predicted octanol–water partition coefficient (Wildman–Crippen LogP) is 0.352. The first-order valence-electron chi connectivity index (χ1n) is 15.0. The number of fused-ring (bicyclic) bond motifs is 1. The van der Waals surface area contributed by atoms with Gasteiger partial charge >= 0.3 is 35.8 Å². The van der Waals surface area contributed by atoms with Crippen LogP contribution in [0.3, 0.4) is 0 Å². The molecule has 50 heavy (non-hydrogen) atoms. The van der Waals surface area contributed by atoms with Gasteiger partial charge in [0.05, 0.1) is 6.33 Å². The summed E-state index contributed by atoms with van der Waals surface area (Å²) in [6, 6.07) is 0. The van der Waals surface area contributed by atoms with Crippen LogP contribution in [0.15, 0.2) is 11.4 Å². The van der Waals surface area contributed by atoms with Crippen LogP contribution in [-0.4, -0.2) is 117 Å². The van der Waals surface area contributed by atoms with Crippen LogP contribution in [0.25, 0.3) is 11.2 Å². The second-order valence-electron chi connectivity index (χ2n) is 11.0. The molecule has 0 saturated carbocycles. The normalized spacial score (nSPS) is 25.7. The Morgan fingerprint density at radius 1 is 0.700 bits per heavy atom. The maximum atomic E-state index is 12.2. The van der Waals surface area contributed by atoms with E-state index in [2.05, 4.69) is 20.3 Å². The quantitative estimate of drug-likeness (QED) is 0.176. The average Bonchev–Trinajstić information content (AvgIpc) is 3.64. The van der Waals surface area contributed by atoms with E-state index in [0.717, 1.165) is 39.5 Å². The van der Waals surface area contributed by atoms with E-state index in [4.69, 9.17) is 37.9 Å². The van der Waals surface area contributed by atoms with Crippen LogP contribution in [0, 0.1) is 0 Å². The Labute approximate surface area is 288 Å². The van der Waals surface area contributed by atoms with Gasteiger partial charge in [0, 0.05) is 48.5 Å². The van der Waals surface area contributed by atoms with Crippen molar-refractivity contribution in [3.05, 3.63) is 6.33 Å². The molecule has 2 aromatic heterocycles. The summed E-state index contributed by atoms with van der Waals surface area (Å²) in [5, 5.41) is 2.56. The maximum absolute atomic E-state index is 12.2. The van der Waals surface area contributed by atoms with Crippen molar-refractivity contribution in [3.8, 4) is 0 Å². The molecule has 0 bridgehead atoms. The second-order valence-corrected chi connectivity index (χ2v) is 12.1. The van der Waals surface area contributed by atoms with Gasteiger partial charge in [0.25, 0.3) is 0 Å². The molecule has 21 heteroatoms. The number of carbonyl (C=O) groups excluding carboxylic acids is 7. The lowest BCUT2D eigenvalue weighted by Gasteiger charge is -2.24. The van der Waals surface area contributed by atoms with Crippen LogP contribution in [0.1, 0.15) is 54.7 Å². The van der Waals surface area contributed by atoms with Gasteiger partial charge in [0.15, 0.2) is 41.7 Å². The molecule has 0 aromatic carbocycles. The number of carbonyl (C=O) groups is 7. The Morgan fingerprint density at radius 2 is 1.20 bits per heavy atom. The molecule has 2 aliphatic rings. The average molecular weight is 726 g/mol. The summed E-state index contributed by atoms with van der Waals surface area (Å²) in [6.07, 6.45) is -7.08. The van der Waals surface area contributed by atoms with E-state index >= 15 is 0 Å². The SMILES string of the molecule is CC(=O)Nc1nc(SC2O[C@H](COC(C)=O)[C@@H](OC(C)=O)[C@H]2OC(C)=O)c2ncn([C@@H]3O[C@H](COC(C)=O)[C@@H](OC(C)=O)[C@H]3OC(C)=O)c2n1. The number of imidazole rings is 1. The van der Waals surface area contributed by atoms with E-state index in [1.54, 1.807) is 0 Å². The van der Waals surface area contributed by atoms with E-state index in [9.17, 15) is 33.6 Å². The van der Waals surface area contributed by atoms with Crippen LogP contribution in [-0.2, 0) is 71.5 Å². The second kappa shape index (κ2) is 16.2. The lowest BCUT2D eigenvalue weighted by atomic mass is 10.1. The Hall–Kier alpha value is -4.89. The Kier molecular flexibility index (Phi) is 12.3. The number of thioether (sulfide) groups is 1. The summed E-state index contributed by atoms with van der Waals surface area (Å²) in [6.45, 7) is 7.42. The fourth-order valence-corrected chi connectivity index (χ4v) is 6.33. The highest BCUT2D eigenvalue weighted by molar-refractivity contribution is 8.00. The minimum absolute atomic E-state index is 0.0261. The van der Waals surface area contributed by atoms with Crippen LogP contribution in [0.5, 0.6) is 0 Å². The van der Waals surface area contributed by atoms with Crippen molar-refractivity contribution in [2.24, 2.45) is 0 Å². The fraction of sp³-hybridized carbons (Fsp3) is 0.586. The maximum Gasteiger partial charge on any atom is 0.303 e. The third-order valence-electron chi connectivity index (χ3n) is 6.84. The van der Waals surface area contributed by atoms with E-state index in [0.29, 0.717) is 0 Å². The Balaban J connectivity index is 1.80. The molecular weight excluding hydrogens is 690 g/mol. The van der Waals surface area contributed by atoms with Crippen molar-refractivity contribution in [2.75, 3.05) is 18.5 Å². The lowest BCUT2D eigenvalue weighted by molar-refractivity contribution is -0.166. The molecule has 2 saturated heterocycles. The first-order chi connectivity index (χ1) is 23.5. The van der Waals surface area contributed by atoms with Crippen molar-refractivity contribution in [1.82, 2.24) is 19.5 Å². The number of rotatable bonds is 12. The number of amides is 1. The van der Waals surface area contributed by atoms with Gasteiger partial charge in [-0.2, -0.15) is 4.98 Å². The molecule has 272 valence electrons. The molecular formula is C29H35N5O15S. The molecule has 0 radical (unpaired) electrons. The number of hydrogen-bond donors (Lipinski definition) is 1. The number of anilines is 1. The highest BCUT2D eigenvalue weighted by atomic mass is 32.2. The van der Waals surface area contributed by atoms with Crippen LogP contribution >= 0.6 is 11.8 Å². The highest BCUT2D eigenvalue weighted by Crippen LogP contribution is 2.41. The molecule has 1 N–H and O–H groups in total. The van der Waals surface area contributed by atoms with Gasteiger partial charge in [-0.15, -0.1) is 0 Å². The van der Waals surface area contributed by atoms with Gasteiger partial charge in [-0.3, -0.25) is 43.4 Å². The number of ether oxygens (including phenoxy) is 8. The molecule has 20 nitrogen and oxygen atoms in total. The number of aromatic nitrogens is 4. The van der Waals surface area contributed by atoms with Gasteiger partial charge < -0.3 is 37.9 Å². The van der Waals surface area contributed by atoms with E-state index in [-0.39, 0.29) is 35.4 Å². The van der Waals surface area contributed by atoms with Crippen LogP contribution in [0.2, 0.25) is 0 Å². The smallest absolute Gasteiger partial charge is 0.303 e. The molecule has 2 aromatic rings. The molecule has 1 amide bonds. The number of nitrogens with one attached hydrogen (secondary N) is 1. The summed E-state index contributed by atoms with van der Waals surface area (Å²) in [4.78, 5) is 96.9. The van der Waals surface area contributed by atoms with Gasteiger partial charge in [-0.1, -0.05) is 11.8 Å². The summed E-state index contributed by atoms with van der Waals surface area (Å²) in [7, 11) is 0. The van der Waals surface area contributed by atoms with Gasteiger partial charge in [-0.05, 0) is 0 Å². The first kappa shape index (κ1) is 37.9. The monoisotopic (exact) mass is 725 g/mol. The molecule has 2 aliphatic heterocycles. The topological polar surface area (TPSA) is 249 Å². The van der Waals surface area contributed by atoms with E-state index < -0.39 is 90.0 Å². The van der Waals surface area contributed by atoms with Crippen LogP contribution in [0.4, 0.5) is 5.95 Å². The molecule has 4 heterocycles. The summed E-state index contributed by atoms with van der Waals surface area (Å²) < 4.78 is 45.6. The predicted molar refractivity (Wildman–Crippen MR) is 164 cm³/mol. The van der Waals surface area contributed by atoms with Crippen molar-refractivity contribution in [3.63, 3.8) is 0 Å². The molecule has 1 unspecified atom stereocenters. The zero-order chi connectivity index (χ0) is 36.9. The third-order valence-corrected chi connectivity index (χ3v) is 7.96. The number of esters is 6. The lowest BCUT2D eigenvalue weighted by Crippen LogP contribution is -2.40. The molecule has 0 spiro atoms. The number of hydrogen-bond acceptors (Lipinski definition) is 19. The highest BCUT2D eigenvalue weighted by Gasteiger charge is 2.52. The van der Waals surface area contributed by atoms with E-state index in [1.807, 2.05) is 0 Å². The van der Waals surface area contributed by atoms with Gasteiger partial charge in [0.1, 0.15) is 36.0 Å². The minimum Gasteiger partial charge on any atom is -0.463 e. The zero-order valence-corrected chi connectivity index (χ0v) is 28.7. The van der Waals surface area contributed by atoms with Crippen LogP contribution < -0.4 is 5.32 Å². The van der Waals surface area contributed by atoms with Gasteiger partial charge in [0.2, 0.25) is 11.9 Å². The van der Waals surface area contributed by atoms with Crippen molar-refractivity contribution in [2.45, 2.75) is 102 Å². The Morgan fingerprint density at radius 3 is 1.72 bits per heavy atom. The molecule has 8 atom stereocenters. The molecule has 4 rings (SSSR count). The summed E-state index contributed by atoms with van der Waals surface area (Å²) in [5.74, 6) is -4.95. The summed E-state index contributed by atoms with van der Waals surface area (Å²) >= 11 is 0.867. The van der Waals surface area contributed by atoms with E-state index in [1.165, 1.54) is 31.7 Å². The fourth-order valence-electron chi connectivity index (χ4n) is 5.17. The van der Waals surface area contributed by atoms with Crippen molar-refractivity contribution in [1.29, 1.82) is 0 Å². The molecule has 0 aliphatic carbocycles. The third kappa shape index (κ3) is 9.41. The first-order valence-corrected chi connectivity index (χ1v) is 15.9. The zero-order valence-electron chi connectivity index (χ0n) is 27.9. The standard InChI is InChI=1S/C29H35N5O15S/c1-11(35)31-29-32-25-20(26(33-29)50-28-24(47-17(7)41)22(45-15(5)39)19(49-28)9-43-13(3)37)30-10-34(25)27-23(46-16(6)40)21(44-14(4)38)18(48-27)8-42-12(2)36/h10,18-19,21-24,27-28H,8-9H2,1-7H3,(H,31,32,33,35)/t18-,19-,21-,22-,23-,24-,27-,28?/m1/s1. The summed E-state index contributed by atoms with van der Waals surface area (Å²) in [5.41, 5.74) is -1.01. The van der Waals surface area contributed by atoms with Gasteiger partial charge in [-0.25, -0.2) is 9.97 Å². The largest absolute Gasteiger partial charge is 0.463 e. The minimum atomic E-state index is -1.29. The van der Waals surface area contributed by atoms with Crippen molar-refractivity contribution >= 4 is 70.6 Å².